The molecule has 2 amide bonds. The summed E-state index contributed by atoms with van der Waals surface area (Å²) in [4.78, 5) is 10.9. The first-order chi connectivity index (χ1) is 11.3. The van der Waals surface area contributed by atoms with E-state index in [9.17, 15) is 4.79 Å². The second-order valence-electron chi connectivity index (χ2n) is 9.52. The summed E-state index contributed by atoms with van der Waals surface area (Å²) in [6.45, 7) is 19.6. The van der Waals surface area contributed by atoms with Gasteiger partial charge in [0.05, 0.1) is 0 Å². The zero-order valence-electron chi connectivity index (χ0n) is 17.5. The van der Waals surface area contributed by atoms with Crippen LogP contribution in [-0.4, -0.2) is 12.6 Å². The van der Waals surface area contributed by atoms with Crippen LogP contribution in [-0.2, 0) is 5.41 Å². The molecule has 0 saturated carbocycles. The van der Waals surface area contributed by atoms with Gasteiger partial charge in [0.2, 0.25) is 0 Å². The summed E-state index contributed by atoms with van der Waals surface area (Å²) in [6.07, 6.45) is 1.97. The maximum atomic E-state index is 10.9. The van der Waals surface area contributed by atoms with E-state index in [1.165, 1.54) is 5.56 Å². The van der Waals surface area contributed by atoms with E-state index < -0.39 is 6.03 Å². The van der Waals surface area contributed by atoms with Crippen LogP contribution in [0.5, 0.6) is 0 Å². The molecule has 0 spiro atoms. The highest BCUT2D eigenvalue weighted by Crippen LogP contribution is 2.60. The molecule has 0 aliphatic rings. The van der Waals surface area contributed by atoms with Crippen LogP contribution in [0, 0.1) is 16.2 Å². The predicted molar refractivity (Wildman–Crippen MR) is 108 cm³/mol. The zero-order chi connectivity index (χ0) is 19.5. The highest BCUT2D eigenvalue weighted by atomic mass is 16.2. The highest BCUT2D eigenvalue weighted by molar-refractivity contribution is 5.71. The van der Waals surface area contributed by atoms with Gasteiger partial charge in [-0.25, -0.2) is 4.79 Å². The Morgan fingerprint density at radius 2 is 1.44 bits per heavy atom. The van der Waals surface area contributed by atoms with Gasteiger partial charge in [-0.2, -0.15) is 0 Å². The van der Waals surface area contributed by atoms with Gasteiger partial charge in [0, 0.05) is 6.54 Å². The van der Waals surface area contributed by atoms with Crippen molar-refractivity contribution >= 4 is 6.03 Å². The number of benzene rings is 1. The molecule has 0 aliphatic heterocycles. The Morgan fingerprint density at radius 3 is 1.92 bits per heavy atom. The number of amides is 2. The topological polar surface area (TPSA) is 55.1 Å². The molecule has 0 atom stereocenters. The Labute approximate surface area is 154 Å². The minimum atomic E-state index is -0.442. The van der Waals surface area contributed by atoms with Crippen molar-refractivity contribution in [3.05, 3.63) is 35.9 Å². The Hall–Kier alpha value is -1.51. The molecule has 0 unspecified atom stereocenters. The standard InChI is InChI=1S/C22H38N2O/c1-19(2,15-12-16-24-18(23)25)21(5,6)22(7,8)20(3,4)17-13-10-9-11-14-17/h9-11,13-14H,12,15-16H2,1-8H3,(H3,23,24,25). The fraction of sp³-hybridized carbons (Fsp3) is 0.682. The van der Waals surface area contributed by atoms with Gasteiger partial charge in [0.1, 0.15) is 0 Å². The first kappa shape index (κ1) is 21.5. The summed E-state index contributed by atoms with van der Waals surface area (Å²) in [5.41, 5.74) is 6.82. The van der Waals surface area contributed by atoms with Gasteiger partial charge in [-0.15, -0.1) is 0 Å². The molecule has 1 rings (SSSR count). The Kier molecular flexibility index (Phi) is 6.36. The van der Waals surface area contributed by atoms with Crippen LogP contribution in [0.1, 0.15) is 73.8 Å². The lowest BCUT2D eigenvalue weighted by molar-refractivity contribution is -0.0680. The molecule has 3 N–H and O–H groups in total. The van der Waals surface area contributed by atoms with E-state index in [2.05, 4.69) is 91.0 Å². The summed E-state index contributed by atoms with van der Waals surface area (Å²) in [6, 6.07) is 10.4. The zero-order valence-corrected chi connectivity index (χ0v) is 17.5. The van der Waals surface area contributed by atoms with Crippen LogP contribution in [0.3, 0.4) is 0 Å². The van der Waals surface area contributed by atoms with Crippen LogP contribution in [0.15, 0.2) is 30.3 Å². The third-order valence-electron chi connectivity index (χ3n) is 7.59. The average molecular weight is 347 g/mol. The molecule has 1 aromatic carbocycles. The average Bonchev–Trinajstić information content (AvgIpc) is 2.51. The van der Waals surface area contributed by atoms with E-state index >= 15 is 0 Å². The number of primary amides is 1. The molecule has 0 heterocycles. The number of rotatable bonds is 8. The molecule has 0 fully saturated rings. The van der Waals surface area contributed by atoms with Crippen molar-refractivity contribution in [3.63, 3.8) is 0 Å². The molecule has 1 aromatic rings. The number of carbonyl (C=O) groups excluding carboxylic acids is 1. The van der Waals surface area contributed by atoms with Crippen LogP contribution >= 0.6 is 0 Å². The van der Waals surface area contributed by atoms with Crippen molar-refractivity contribution in [2.24, 2.45) is 22.0 Å². The molecule has 0 aromatic heterocycles. The van der Waals surface area contributed by atoms with Gasteiger partial charge in [-0.05, 0) is 40.1 Å². The summed E-state index contributed by atoms with van der Waals surface area (Å²) in [5.74, 6) is 0. The molecule has 25 heavy (non-hydrogen) atoms. The fourth-order valence-corrected chi connectivity index (χ4v) is 3.90. The van der Waals surface area contributed by atoms with E-state index in [-0.39, 0.29) is 21.7 Å². The number of hydrogen-bond donors (Lipinski definition) is 2. The molecular formula is C22H38N2O. The van der Waals surface area contributed by atoms with E-state index in [0.717, 1.165) is 12.8 Å². The van der Waals surface area contributed by atoms with Gasteiger partial charge in [-0.1, -0.05) is 85.7 Å². The Morgan fingerprint density at radius 1 is 0.920 bits per heavy atom. The van der Waals surface area contributed by atoms with E-state index in [0.29, 0.717) is 6.54 Å². The second-order valence-corrected chi connectivity index (χ2v) is 9.52. The third-order valence-corrected chi connectivity index (χ3v) is 7.59. The van der Waals surface area contributed by atoms with Gasteiger partial charge < -0.3 is 11.1 Å². The Balaban J connectivity index is 3.05. The van der Waals surface area contributed by atoms with Gasteiger partial charge >= 0.3 is 6.03 Å². The predicted octanol–water partition coefficient (Wildman–Crippen LogP) is 5.49. The molecule has 0 radical (unpaired) electrons. The summed E-state index contributed by atoms with van der Waals surface area (Å²) in [5, 5.41) is 2.70. The van der Waals surface area contributed by atoms with Gasteiger partial charge in [0.15, 0.2) is 0 Å². The SMILES string of the molecule is CC(C)(CCCNC(N)=O)C(C)(C)C(C)(C)C(C)(C)c1ccccc1. The molecule has 0 saturated heterocycles. The maximum absolute atomic E-state index is 10.9. The lowest BCUT2D eigenvalue weighted by Crippen LogP contribution is -2.53. The lowest BCUT2D eigenvalue weighted by atomic mass is 9.45. The van der Waals surface area contributed by atoms with Crippen molar-refractivity contribution in [1.29, 1.82) is 0 Å². The molecule has 142 valence electrons. The summed E-state index contributed by atoms with van der Waals surface area (Å²) in [7, 11) is 0. The second kappa shape index (κ2) is 7.39. The number of carbonyl (C=O) groups is 1. The molecule has 0 bridgehead atoms. The van der Waals surface area contributed by atoms with Crippen molar-refractivity contribution in [2.45, 2.75) is 73.6 Å². The first-order valence-corrected chi connectivity index (χ1v) is 9.36. The van der Waals surface area contributed by atoms with E-state index in [1.54, 1.807) is 0 Å². The maximum Gasteiger partial charge on any atom is 0.312 e. The molecule has 3 heteroatoms. The molecule has 3 nitrogen and oxygen atoms in total. The summed E-state index contributed by atoms with van der Waals surface area (Å²) < 4.78 is 0. The minimum Gasteiger partial charge on any atom is -0.352 e. The molecule has 0 aliphatic carbocycles. The lowest BCUT2D eigenvalue weighted by Gasteiger charge is -2.59. The molecular weight excluding hydrogens is 308 g/mol. The van der Waals surface area contributed by atoms with Crippen LogP contribution in [0.4, 0.5) is 4.79 Å². The summed E-state index contributed by atoms with van der Waals surface area (Å²) >= 11 is 0. The quantitative estimate of drug-likeness (QED) is 0.601. The third kappa shape index (κ3) is 4.19. The van der Waals surface area contributed by atoms with Crippen molar-refractivity contribution in [3.8, 4) is 0 Å². The minimum absolute atomic E-state index is 0.0283. The first-order valence-electron chi connectivity index (χ1n) is 9.36. The van der Waals surface area contributed by atoms with Crippen LogP contribution < -0.4 is 11.1 Å². The number of urea groups is 1. The smallest absolute Gasteiger partial charge is 0.312 e. The van der Waals surface area contributed by atoms with E-state index in [1.807, 2.05) is 0 Å². The van der Waals surface area contributed by atoms with Crippen molar-refractivity contribution in [2.75, 3.05) is 6.54 Å². The number of hydrogen-bond acceptors (Lipinski definition) is 1. The van der Waals surface area contributed by atoms with E-state index in [4.69, 9.17) is 5.73 Å². The number of nitrogens with one attached hydrogen (secondary N) is 1. The van der Waals surface area contributed by atoms with Crippen LogP contribution in [0.25, 0.3) is 0 Å². The normalized spacial score (nSPS) is 13.6. The highest BCUT2D eigenvalue weighted by Gasteiger charge is 2.54. The monoisotopic (exact) mass is 346 g/mol. The Bertz CT molecular complexity index is 571. The number of nitrogens with two attached hydrogens (primary N) is 1. The largest absolute Gasteiger partial charge is 0.352 e. The van der Waals surface area contributed by atoms with Gasteiger partial charge in [-0.3, -0.25) is 0 Å². The van der Waals surface area contributed by atoms with Crippen molar-refractivity contribution < 1.29 is 4.79 Å². The van der Waals surface area contributed by atoms with Crippen LogP contribution in [0.2, 0.25) is 0 Å². The fourth-order valence-electron chi connectivity index (χ4n) is 3.90. The van der Waals surface area contributed by atoms with Crippen molar-refractivity contribution in [1.82, 2.24) is 5.32 Å². The van der Waals surface area contributed by atoms with Gasteiger partial charge in [0.25, 0.3) is 0 Å².